The van der Waals surface area contributed by atoms with E-state index in [0.29, 0.717) is 19.0 Å². The number of aromatic amines is 1. The molecule has 6 nitrogen and oxygen atoms in total. The lowest BCUT2D eigenvalue weighted by Crippen LogP contribution is -2.44. The van der Waals surface area contributed by atoms with E-state index in [9.17, 15) is 5.11 Å². The molecule has 0 amide bonds. The van der Waals surface area contributed by atoms with Crippen molar-refractivity contribution in [2.24, 2.45) is 4.99 Å². The highest BCUT2D eigenvalue weighted by molar-refractivity contribution is 14.0. The number of benzene rings is 1. The SMILES string of the molecule is CCNC(=NCc1ccn[nH]1)NCC(C)(O)c1ccccc1.I. The van der Waals surface area contributed by atoms with Gasteiger partial charge in [-0.3, -0.25) is 5.10 Å². The summed E-state index contributed by atoms with van der Waals surface area (Å²) < 4.78 is 0. The molecule has 0 radical (unpaired) electrons. The van der Waals surface area contributed by atoms with Crippen LogP contribution in [0.1, 0.15) is 25.1 Å². The molecule has 0 saturated heterocycles. The second-order valence-corrected chi connectivity index (χ2v) is 5.27. The Bertz CT molecular complexity index is 584. The Morgan fingerprint density at radius 3 is 2.61 bits per heavy atom. The number of hydrogen-bond donors (Lipinski definition) is 4. The van der Waals surface area contributed by atoms with Gasteiger partial charge in [0, 0.05) is 12.7 Å². The van der Waals surface area contributed by atoms with Crippen LogP contribution in [0, 0.1) is 0 Å². The maximum Gasteiger partial charge on any atom is 0.191 e. The fraction of sp³-hybridized carbons (Fsp3) is 0.375. The zero-order valence-electron chi connectivity index (χ0n) is 13.4. The van der Waals surface area contributed by atoms with Crippen molar-refractivity contribution in [1.82, 2.24) is 20.8 Å². The summed E-state index contributed by atoms with van der Waals surface area (Å²) in [5, 5.41) is 23.7. The first-order chi connectivity index (χ1) is 10.6. The van der Waals surface area contributed by atoms with E-state index in [1.54, 1.807) is 13.1 Å². The second-order valence-electron chi connectivity index (χ2n) is 5.27. The third-order valence-corrected chi connectivity index (χ3v) is 3.31. The summed E-state index contributed by atoms with van der Waals surface area (Å²) in [6.07, 6.45) is 1.70. The summed E-state index contributed by atoms with van der Waals surface area (Å²) >= 11 is 0. The minimum atomic E-state index is -0.967. The predicted molar refractivity (Wildman–Crippen MR) is 103 cm³/mol. The molecule has 126 valence electrons. The van der Waals surface area contributed by atoms with Gasteiger partial charge in [-0.25, -0.2) is 4.99 Å². The van der Waals surface area contributed by atoms with Crippen LogP contribution in [0.2, 0.25) is 0 Å². The number of halogens is 1. The molecule has 23 heavy (non-hydrogen) atoms. The molecule has 2 rings (SSSR count). The summed E-state index contributed by atoms with van der Waals surface area (Å²) in [7, 11) is 0. The molecule has 1 unspecified atom stereocenters. The van der Waals surface area contributed by atoms with Crippen LogP contribution < -0.4 is 10.6 Å². The first-order valence-corrected chi connectivity index (χ1v) is 7.40. The van der Waals surface area contributed by atoms with E-state index in [-0.39, 0.29) is 24.0 Å². The van der Waals surface area contributed by atoms with Crippen LogP contribution in [-0.2, 0) is 12.1 Å². The smallest absolute Gasteiger partial charge is 0.191 e. The van der Waals surface area contributed by atoms with Gasteiger partial charge in [0.05, 0.1) is 18.8 Å². The first-order valence-electron chi connectivity index (χ1n) is 7.40. The van der Waals surface area contributed by atoms with Crippen LogP contribution in [-0.4, -0.2) is 34.4 Å². The zero-order chi connectivity index (χ0) is 15.8. The third-order valence-electron chi connectivity index (χ3n) is 3.31. The van der Waals surface area contributed by atoms with Crippen LogP contribution in [0.4, 0.5) is 0 Å². The topological polar surface area (TPSA) is 85.3 Å². The lowest BCUT2D eigenvalue weighted by Gasteiger charge is -2.25. The molecule has 2 aromatic rings. The number of aromatic nitrogens is 2. The van der Waals surface area contributed by atoms with E-state index in [0.717, 1.165) is 17.8 Å². The highest BCUT2D eigenvalue weighted by atomic mass is 127. The number of aliphatic hydroxyl groups is 1. The van der Waals surface area contributed by atoms with Crippen molar-refractivity contribution in [3.05, 3.63) is 53.9 Å². The van der Waals surface area contributed by atoms with Crippen molar-refractivity contribution in [2.75, 3.05) is 13.1 Å². The number of nitrogens with one attached hydrogen (secondary N) is 3. The lowest BCUT2D eigenvalue weighted by molar-refractivity contribution is 0.0617. The molecule has 0 fully saturated rings. The Labute approximate surface area is 153 Å². The number of nitrogens with zero attached hydrogens (tertiary/aromatic N) is 2. The Hall–Kier alpha value is -1.61. The standard InChI is InChI=1S/C16H23N5O.HI/c1-3-17-15(18-11-14-9-10-20-21-14)19-12-16(2,22)13-7-5-4-6-8-13;/h4-10,22H,3,11-12H2,1-2H3,(H,20,21)(H2,17,18,19);1H. The highest BCUT2D eigenvalue weighted by Crippen LogP contribution is 2.18. The first kappa shape index (κ1) is 19.4. The quantitative estimate of drug-likeness (QED) is 0.322. The Morgan fingerprint density at radius 1 is 1.26 bits per heavy atom. The van der Waals surface area contributed by atoms with Crippen LogP contribution in [0.15, 0.2) is 47.6 Å². The monoisotopic (exact) mass is 429 g/mol. The van der Waals surface area contributed by atoms with Gasteiger partial charge in [0.15, 0.2) is 5.96 Å². The summed E-state index contributed by atoms with van der Waals surface area (Å²) in [6, 6.07) is 11.5. The van der Waals surface area contributed by atoms with Crippen LogP contribution in [0.25, 0.3) is 0 Å². The molecule has 0 aliphatic carbocycles. The van der Waals surface area contributed by atoms with Gasteiger partial charge in [-0.05, 0) is 25.5 Å². The van der Waals surface area contributed by atoms with Gasteiger partial charge in [-0.1, -0.05) is 30.3 Å². The number of aliphatic imine (C=N–C) groups is 1. The molecule has 1 atom stereocenters. The van der Waals surface area contributed by atoms with E-state index in [1.165, 1.54) is 0 Å². The molecular formula is C16H24IN5O. The minimum Gasteiger partial charge on any atom is -0.384 e. The van der Waals surface area contributed by atoms with Crippen molar-refractivity contribution in [1.29, 1.82) is 0 Å². The lowest BCUT2D eigenvalue weighted by atomic mass is 9.96. The minimum absolute atomic E-state index is 0. The molecule has 1 aromatic carbocycles. The summed E-state index contributed by atoms with van der Waals surface area (Å²) in [5.74, 6) is 0.660. The van der Waals surface area contributed by atoms with Gasteiger partial charge in [0.2, 0.25) is 0 Å². The fourth-order valence-corrected chi connectivity index (χ4v) is 2.03. The van der Waals surface area contributed by atoms with Crippen LogP contribution in [0.3, 0.4) is 0 Å². The number of hydrogen-bond acceptors (Lipinski definition) is 3. The molecular weight excluding hydrogens is 405 g/mol. The van der Waals surface area contributed by atoms with Crippen molar-refractivity contribution in [3.8, 4) is 0 Å². The molecule has 1 aromatic heterocycles. The van der Waals surface area contributed by atoms with Crippen molar-refractivity contribution in [3.63, 3.8) is 0 Å². The Balaban J connectivity index is 0.00000264. The van der Waals surface area contributed by atoms with E-state index in [4.69, 9.17) is 0 Å². The number of guanidine groups is 1. The normalized spacial score (nSPS) is 13.8. The molecule has 0 spiro atoms. The fourth-order valence-electron chi connectivity index (χ4n) is 2.03. The van der Waals surface area contributed by atoms with Crippen molar-refractivity contribution >= 4 is 29.9 Å². The van der Waals surface area contributed by atoms with Gasteiger partial charge in [0.25, 0.3) is 0 Å². The van der Waals surface area contributed by atoms with E-state index in [1.807, 2.05) is 43.3 Å². The average molecular weight is 429 g/mol. The predicted octanol–water partition coefficient (Wildman–Crippen LogP) is 1.99. The molecule has 0 saturated carbocycles. The highest BCUT2D eigenvalue weighted by Gasteiger charge is 2.22. The van der Waals surface area contributed by atoms with Gasteiger partial charge in [-0.15, -0.1) is 24.0 Å². The molecule has 4 N–H and O–H groups in total. The second kappa shape index (κ2) is 9.51. The molecule has 0 aliphatic rings. The van der Waals surface area contributed by atoms with Crippen LogP contribution >= 0.6 is 24.0 Å². The maximum atomic E-state index is 10.6. The molecule has 0 bridgehead atoms. The van der Waals surface area contributed by atoms with E-state index in [2.05, 4.69) is 25.8 Å². The van der Waals surface area contributed by atoms with Crippen LogP contribution in [0.5, 0.6) is 0 Å². The van der Waals surface area contributed by atoms with Gasteiger partial charge in [0.1, 0.15) is 5.60 Å². The summed E-state index contributed by atoms with van der Waals surface area (Å²) in [4.78, 5) is 4.46. The average Bonchev–Trinajstić information content (AvgIpc) is 3.04. The van der Waals surface area contributed by atoms with E-state index < -0.39 is 5.60 Å². The molecule has 7 heteroatoms. The molecule has 0 aliphatic heterocycles. The zero-order valence-corrected chi connectivity index (χ0v) is 15.7. The van der Waals surface area contributed by atoms with Gasteiger partial charge in [-0.2, -0.15) is 5.10 Å². The largest absolute Gasteiger partial charge is 0.384 e. The van der Waals surface area contributed by atoms with Crippen molar-refractivity contribution in [2.45, 2.75) is 26.0 Å². The van der Waals surface area contributed by atoms with E-state index >= 15 is 0 Å². The van der Waals surface area contributed by atoms with Gasteiger partial charge >= 0.3 is 0 Å². The summed E-state index contributed by atoms with van der Waals surface area (Å²) in [5.41, 5.74) is 0.838. The third kappa shape index (κ3) is 6.19. The Morgan fingerprint density at radius 2 is 2.00 bits per heavy atom. The number of H-pyrrole nitrogens is 1. The Kier molecular flexibility index (Phi) is 8.04. The number of rotatable bonds is 6. The maximum absolute atomic E-state index is 10.6. The van der Waals surface area contributed by atoms with Gasteiger partial charge < -0.3 is 15.7 Å². The van der Waals surface area contributed by atoms with Crippen molar-refractivity contribution < 1.29 is 5.11 Å². The summed E-state index contributed by atoms with van der Waals surface area (Å²) in [6.45, 7) is 5.41. The molecule has 1 heterocycles.